The first-order valence-corrected chi connectivity index (χ1v) is 11.9. The molecule has 2 saturated heterocycles. The van der Waals surface area contributed by atoms with Gasteiger partial charge in [-0.3, -0.25) is 0 Å². The minimum Gasteiger partial charge on any atom is -0.381 e. The van der Waals surface area contributed by atoms with Crippen LogP contribution in [0.4, 0.5) is 17.6 Å². The minimum absolute atomic E-state index is 0.326. The second-order valence-electron chi connectivity index (χ2n) is 9.01. The fourth-order valence-corrected chi connectivity index (χ4v) is 4.33. The van der Waals surface area contributed by atoms with E-state index in [0.717, 1.165) is 63.6 Å². The van der Waals surface area contributed by atoms with Crippen molar-refractivity contribution in [2.45, 2.75) is 45.2 Å². The van der Waals surface area contributed by atoms with Gasteiger partial charge in [0.25, 0.3) is 0 Å². The van der Waals surface area contributed by atoms with Crippen molar-refractivity contribution >= 4 is 23.2 Å². The molecule has 9 heteroatoms. The number of fused-ring (bicyclic) bond motifs is 1. The summed E-state index contributed by atoms with van der Waals surface area (Å²) in [6, 6.07) is 9.02. The molecular weight excluding hydrogens is 418 g/mol. The Labute approximate surface area is 194 Å². The molecule has 0 radical (unpaired) electrons. The van der Waals surface area contributed by atoms with Crippen LogP contribution in [0.25, 0.3) is 5.65 Å². The molecule has 4 heterocycles. The number of nitrogens with zero attached hydrogens (tertiary/aromatic N) is 5. The third-order valence-corrected chi connectivity index (χ3v) is 6.34. The van der Waals surface area contributed by atoms with Crippen LogP contribution in [0, 0.1) is 0 Å². The maximum atomic E-state index is 5.49. The zero-order valence-corrected chi connectivity index (χ0v) is 19.5. The third kappa shape index (κ3) is 5.04. The Hall–Kier alpha value is -2.91. The van der Waals surface area contributed by atoms with Crippen LogP contribution < -0.4 is 15.5 Å². The normalized spacial score (nSPS) is 17.6. The Morgan fingerprint density at radius 1 is 1.00 bits per heavy atom. The summed E-state index contributed by atoms with van der Waals surface area (Å²) in [4.78, 5) is 12.0. The van der Waals surface area contributed by atoms with Gasteiger partial charge in [0, 0.05) is 50.1 Å². The van der Waals surface area contributed by atoms with Crippen molar-refractivity contribution in [2.75, 3.05) is 55.1 Å². The number of benzene rings is 1. The lowest BCUT2D eigenvalue weighted by atomic mass is 10.1. The van der Waals surface area contributed by atoms with Gasteiger partial charge in [-0.05, 0) is 36.5 Å². The SMILES string of the molecule is CC(C)c1cnn2c(NCc3ccc(N4CCOCC4)cc3)nc(NC3CCOCC3)nc12. The van der Waals surface area contributed by atoms with Gasteiger partial charge in [-0.2, -0.15) is 19.6 Å². The van der Waals surface area contributed by atoms with Gasteiger partial charge in [-0.25, -0.2) is 0 Å². The molecule has 0 bridgehead atoms. The Morgan fingerprint density at radius 3 is 2.45 bits per heavy atom. The molecule has 2 fully saturated rings. The first-order chi connectivity index (χ1) is 16.2. The van der Waals surface area contributed by atoms with Crippen molar-refractivity contribution in [3.8, 4) is 0 Å². The molecule has 2 aromatic heterocycles. The fourth-order valence-electron chi connectivity index (χ4n) is 4.33. The average Bonchev–Trinajstić information content (AvgIpc) is 3.29. The predicted octanol–water partition coefficient (Wildman–Crippen LogP) is 3.29. The first-order valence-electron chi connectivity index (χ1n) is 11.9. The lowest BCUT2D eigenvalue weighted by molar-refractivity contribution is 0.0903. The number of rotatable bonds is 7. The summed E-state index contributed by atoms with van der Waals surface area (Å²) in [6.07, 6.45) is 3.82. The highest BCUT2D eigenvalue weighted by molar-refractivity contribution is 5.56. The first kappa shape index (κ1) is 21.9. The van der Waals surface area contributed by atoms with Crippen molar-refractivity contribution in [3.63, 3.8) is 0 Å². The average molecular weight is 452 g/mol. The van der Waals surface area contributed by atoms with E-state index >= 15 is 0 Å². The van der Waals surface area contributed by atoms with Gasteiger partial charge in [0.15, 0.2) is 5.65 Å². The molecule has 0 atom stereocenters. The molecule has 0 unspecified atom stereocenters. The Morgan fingerprint density at radius 2 is 1.73 bits per heavy atom. The van der Waals surface area contributed by atoms with Crippen LogP contribution in [0.3, 0.4) is 0 Å². The van der Waals surface area contributed by atoms with Crippen molar-refractivity contribution in [1.29, 1.82) is 0 Å². The fraction of sp³-hybridized carbons (Fsp3) is 0.542. The summed E-state index contributed by atoms with van der Waals surface area (Å²) < 4.78 is 12.8. The van der Waals surface area contributed by atoms with Crippen LogP contribution in [-0.2, 0) is 16.0 Å². The van der Waals surface area contributed by atoms with E-state index in [0.29, 0.717) is 30.4 Å². The quantitative estimate of drug-likeness (QED) is 0.566. The van der Waals surface area contributed by atoms with E-state index < -0.39 is 0 Å². The van der Waals surface area contributed by atoms with Crippen molar-refractivity contribution in [1.82, 2.24) is 19.6 Å². The van der Waals surface area contributed by atoms with Gasteiger partial charge in [0.1, 0.15) is 0 Å². The zero-order valence-electron chi connectivity index (χ0n) is 19.5. The lowest BCUT2D eigenvalue weighted by Gasteiger charge is -2.28. The summed E-state index contributed by atoms with van der Waals surface area (Å²) in [7, 11) is 0. The van der Waals surface area contributed by atoms with E-state index in [4.69, 9.17) is 19.4 Å². The molecule has 2 aliphatic rings. The van der Waals surface area contributed by atoms with Crippen LogP contribution in [-0.4, -0.2) is 65.1 Å². The highest BCUT2D eigenvalue weighted by atomic mass is 16.5. The van der Waals surface area contributed by atoms with E-state index in [1.54, 1.807) is 0 Å². The number of aromatic nitrogens is 4. The van der Waals surface area contributed by atoms with Gasteiger partial charge in [-0.15, -0.1) is 0 Å². The topological polar surface area (TPSA) is 88.8 Å². The zero-order chi connectivity index (χ0) is 22.6. The van der Waals surface area contributed by atoms with E-state index in [9.17, 15) is 0 Å². The van der Waals surface area contributed by atoms with Crippen LogP contribution in [0.2, 0.25) is 0 Å². The summed E-state index contributed by atoms with van der Waals surface area (Å²) >= 11 is 0. The molecule has 2 N–H and O–H groups in total. The molecule has 2 aliphatic heterocycles. The van der Waals surface area contributed by atoms with Gasteiger partial charge in [0.2, 0.25) is 11.9 Å². The second kappa shape index (κ2) is 9.93. The van der Waals surface area contributed by atoms with Gasteiger partial charge < -0.3 is 25.0 Å². The second-order valence-corrected chi connectivity index (χ2v) is 9.01. The molecular formula is C24H33N7O2. The monoisotopic (exact) mass is 451 g/mol. The Kier molecular flexibility index (Phi) is 6.59. The molecule has 5 rings (SSSR count). The molecule has 3 aromatic rings. The molecule has 0 spiro atoms. The van der Waals surface area contributed by atoms with Crippen LogP contribution >= 0.6 is 0 Å². The highest BCUT2D eigenvalue weighted by Crippen LogP contribution is 2.24. The standard InChI is InChI=1S/C24H33N7O2/c1-17(2)21-16-26-31-22(21)28-23(27-19-7-11-32-12-8-19)29-24(31)25-15-18-3-5-20(6-4-18)30-9-13-33-14-10-30/h3-6,16-17,19H,7-15H2,1-2H3,(H2,25,27,28,29). The van der Waals surface area contributed by atoms with E-state index in [1.165, 1.54) is 11.3 Å². The van der Waals surface area contributed by atoms with Crippen molar-refractivity contribution in [2.24, 2.45) is 0 Å². The molecule has 176 valence electrons. The Bertz CT molecular complexity index is 1050. The maximum Gasteiger partial charge on any atom is 0.229 e. The molecule has 0 aliphatic carbocycles. The van der Waals surface area contributed by atoms with E-state index in [1.807, 2.05) is 10.7 Å². The minimum atomic E-state index is 0.326. The van der Waals surface area contributed by atoms with Crippen LogP contribution in [0.15, 0.2) is 30.5 Å². The maximum absolute atomic E-state index is 5.49. The highest BCUT2D eigenvalue weighted by Gasteiger charge is 2.19. The Balaban J connectivity index is 1.34. The van der Waals surface area contributed by atoms with Crippen LogP contribution in [0.5, 0.6) is 0 Å². The predicted molar refractivity (Wildman–Crippen MR) is 129 cm³/mol. The van der Waals surface area contributed by atoms with E-state index in [2.05, 4.69) is 58.7 Å². The smallest absolute Gasteiger partial charge is 0.229 e. The number of ether oxygens (including phenoxy) is 2. The lowest BCUT2D eigenvalue weighted by Crippen LogP contribution is -2.36. The van der Waals surface area contributed by atoms with Gasteiger partial charge in [-0.1, -0.05) is 26.0 Å². The van der Waals surface area contributed by atoms with Crippen LogP contribution in [0.1, 0.15) is 43.7 Å². The van der Waals surface area contributed by atoms with Crippen molar-refractivity contribution < 1.29 is 9.47 Å². The van der Waals surface area contributed by atoms with E-state index in [-0.39, 0.29) is 0 Å². The molecule has 1 aromatic carbocycles. The largest absolute Gasteiger partial charge is 0.381 e. The number of morpholine rings is 1. The summed E-state index contributed by atoms with van der Waals surface area (Å²) in [5.74, 6) is 1.66. The van der Waals surface area contributed by atoms with Gasteiger partial charge >= 0.3 is 0 Å². The molecule has 0 saturated carbocycles. The summed E-state index contributed by atoms with van der Waals surface area (Å²) in [5, 5.41) is 11.6. The number of nitrogens with one attached hydrogen (secondary N) is 2. The number of hydrogen-bond acceptors (Lipinski definition) is 8. The number of hydrogen-bond donors (Lipinski definition) is 2. The number of anilines is 3. The molecule has 0 amide bonds. The third-order valence-electron chi connectivity index (χ3n) is 6.34. The molecule has 33 heavy (non-hydrogen) atoms. The van der Waals surface area contributed by atoms with Gasteiger partial charge in [0.05, 0.1) is 19.4 Å². The molecule has 9 nitrogen and oxygen atoms in total. The summed E-state index contributed by atoms with van der Waals surface area (Å²) in [5.41, 5.74) is 4.39. The summed E-state index contributed by atoms with van der Waals surface area (Å²) in [6.45, 7) is 9.99. The van der Waals surface area contributed by atoms with Crippen molar-refractivity contribution in [3.05, 3.63) is 41.6 Å².